The van der Waals surface area contributed by atoms with Gasteiger partial charge in [0.15, 0.2) is 0 Å². The Morgan fingerprint density at radius 3 is 2.50 bits per heavy atom. The second-order valence-electron chi connectivity index (χ2n) is 5.57. The first-order valence-electron chi connectivity index (χ1n) is 7.21. The lowest BCUT2D eigenvalue weighted by Gasteiger charge is -2.09. The van der Waals surface area contributed by atoms with E-state index in [1.807, 2.05) is 0 Å². The molecule has 0 radical (unpaired) electrons. The topological polar surface area (TPSA) is 79.0 Å². The molecule has 3 aromatic rings. The zero-order chi connectivity index (χ0) is 17.3. The molecule has 2 aromatic carbocycles. The number of hydrogen-bond donors (Lipinski definition) is 2. The van der Waals surface area contributed by atoms with Gasteiger partial charge in [0, 0.05) is 5.56 Å². The standard InChI is InChI=1S/C17H15FN2O3S/c1-11-8-13-4-7-15(9-16(13)19-17(11)21)20-24(22,23)10-12-2-5-14(18)6-3-12/h2-9,20H,10H2,1H3,(H,19,21). The number of aromatic nitrogens is 1. The number of nitrogens with one attached hydrogen (secondary N) is 2. The van der Waals surface area contributed by atoms with E-state index in [9.17, 15) is 17.6 Å². The molecule has 7 heteroatoms. The van der Waals surface area contributed by atoms with Gasteiger partial charge in [-0.1, -0.05) is 18.2 Å². The summed E-state index contributed by atoms with van der Waals surface area (Å²) in [4.78, 5) is 14.4. The Morgan fingerprint density at radius 1 is 1.08 bits per heavy atom. The lowest BCUT2D eigenvalue weighted by molar-refractivity contribution is 0.600. The van der Waals surface area contributed by atoms with Crippen LogP contribution in [-0.4, -0.2) is 13.4 Å². The van der Waals surface area contributed by atoms with Crippen LogP contribution in [0.1, 0.15) is 11.1 Å². The molecule has 0 amide bonds. The summed E-state index contributed by atoms with van der Waals surface area (Å²) in [6, 6.07) is 12.0. The number of aromatic amines is 1. The van der Waals surface area contributed by atoms with Crippen molar-refractivity contribution in [3.05, 3.63) is 75.8 Å². The van der Waals surface area contributed by atoms with Crippen molar-refractivity contribution in [2.45, 2.75) is 12.7 Å². The summed E-state index contributed by atoms with van der Waals surface area (Å²) in [6.45, 7) is 1.71. The van der Waals surface area contributed by atoms with Crippen LogP contribution in [0.25, 0.3) is 10.9 Å². The predicted octanol–water partition coefficient (Wildman–Crippen LogP) is 2.92. The van der Waals surface area contributed by atoms with Gasteiger partial charge in [-0.2, -0.15) is 0 Å². The van der Waals surface area contributed by atoms with Crippen LogP contribution >= 0.6 is 0 Å². The SMILES string of the molecule is Cc1cc2ccc(NS(=O)(=O)Cc3ccc(F)cc3)cc2[nH]c1=O. The summed E-state index contributed by atoms with van der Waals surface area (Å²) in [5.41, 5.74) is 1.76. The Labute approximate surface area is 138 Å². The van der Waals surface area contributed by atoms with Crippen LogP contribution in [0.4, 0.5) is 10.1 Å². The maximum atomic E-state index is 12.9. The van der Waals surface area contributed by atoms with Gasteiger partial charge in [0.25, 0.3) is 5.56 Å². The van der Waals surface area contributed by atoms with Crippen LogP contribution in [0, 0.1) is 12.7 Å². The molecule has 0 saturated carbocycles. The number of hydrogen-bond acceptors (Lipinski definition) is 3. The maximum absolute atomic E-state index is 12.9. The lowest BCUT2D eigenvalue weighted by atomic mass is 10.1. The minimum absolute atomic E-state index is 0.214. The fourth-order valence-corrected chi connectivity index (χ4v) is 3.58. The molecule has 0 unspecified atom stereocenters. The van der Waals surface area contributed by atoms with E-state index < -0.39 is 15.8 Å². The third kappa shape index (κ3) is 3.62. The van der Waals surface area contributed by atoms with Crippen molar-refractivity contribution in [1.82, 2.24) is 4.98 Å². The summed E-state index contributed by atoms with van der Waals surface area (Å²) in [6.07, 6.45) is 0. The van der Waals surface area contributed by atoms with E-state index in [1.165, 1.54) is 24.3 Å². The quantitative estimate of drug-likeness (QED) is 0.762. The third-order valence-corrected chi connectivity index (χ3v) is 4.84. The van der Waals surface area contributed by atoms with E-state index in [4.69, 9.17) is 0 Å². The average molecular weight is 346 g/mol. The zero-order valence-corrected chi connectivity index (χ0v) is 13.7. The van der Waals surface area contributed by atoms with Crippen LogP contribution in [-0.2, 0) is 15.8 Å². The number of anilines is 1. The first-order valence-corrected chi connectivity index (χ1v) is 8.86. The number of sulfonamides is 1. The van der Waals surface area contributed by atoms with Gasteiger partial charge in [0.05, 0.1) is 17.0 Å². The molecule has 0 bridgehead atoms. The van der Waals surface area contributed by atoms with Crippen molar-refractivity contribution >= 4 is 26.6 Å². The van der Waals surface area contributed by atoms with Crippen molar-refractivity contribution in [1.29, 1.82) is 0 Å². The highest BCUT2D eigenvalue weighted by Crippen LogP contribution is 2.19. The van der Waals surface area contributed by atoms with Crippen molar-refractivity contribution in [2.24, 2.45) is 0 Å². The molecule has 0 aliphatic rings. The summed E-state index contributed by atoms with van der Waals surface area (Å²) < 4.78 is 39.8. The van der Waals surface area contributed by atoms with Crippen LogP contribution in [0.2, 0.25) is 0 Å². The van der Waals surface area contributed by atoms with Gasteiger partial charge in [-0.05, 0) is 48.2 Å². The molecule has 5 nitrogen and oxygen atoms in total. The number of benzene rings is 2. The van der Waals surface area contributed by atoms with Crippen molar-refractivity contribution in [2.75, 3.05) is 4.72 Å². The van der Waals surface area contributed by atoms with E-state index in [0.29, 0.717) is 22.3 Å². The molecule has 0 aliphatic heterocycles. The fraction of sp³-hybridized carbons (Fsp3) is 0.118. The van der Waals surface area contributed by atoms with Crippen LogP contribution in [0.3, 0.4) is 0 Å². The number of fused-ring (bicyclic) bond motifs is 1. The Morgan fingerprint density at radius 2 is 1.79 bits per heavy atom. The molecule has 0 aliphatic carbocycles. The maximum Gasteiger partial charge on any atom is 0.251 e. The van der Waals surface area contributed by atoms with Gasteiger partial charge >= 0.3 is 0 Å². The third-order valence-electron chi connectivity index (χ3n) is 3.57. The summed E-state index contributed by atoms with van der Waals surface area (Å²) >= 11 is 0. The number of aryl methyl sites for hydroxylation is 1. The molecule has 124 valence electrons. The molecule has 24 heavy (non-hydrogen) atoms. The molecule has 0 spiro atoms. The largest absolute Gasteiger partial charge is 0.322 e. The molecule has 3 rings (SSSR count). The van der Waals surface area contributed by atoms with Gasteiger partial charge in [-0.3, -0.25) is 9.52 Å². The average Bonchev–Trinajstić information content (AvgIpc) is 2.50. The van der Waals surface area contributed by atoms with Gasteiger partial charge in [-0.25, -0.2) is 12.8 Å². The second kappa shape index (κ2) is 6.09. The van der Waals surface area contributed by atoms with Crippen LogP contribution in [0.15, 0.2) is 53.3 Å². The molecule has 1 heterocycles. The van der Waals surface area contributed by atoms with E-state index in [1.54, 1.807) is 31.2 Å². The molecular formula is C17H15FN2O3S. The summed E-state index contributed by atoms with van der Waals surface area (Å²) in [5.74, 6) is -0.687. The predicted molar refractivity (Wildman–Crippen MR) is 92.0 cm³/mol. The minimum atomic E-state index is -3.65. The first kappa shape index (κ1) is 16.2. The van der Waals surface area contributed by atoms with Crippen molar-refractivity contribution in [3.8, 4) is 0 Å². The van der Waals surface area contributed by atoms with Gasteiger partial charge in [0.2, 0.25) is 10.0 Å². The van der Waals surface area contributed by atoms with Crippen LogP contribution in [0.5, 0.6) is 0 Å². The van der Waals surface area contributed by atoms with E-state index in [2.05, 4.69) is 9.71 Å². The Kier molecular flexibility index (Phi) is 4.11. The Balaban J connectivity index is 1.86. The fourth-order valence-electron chi connectivity index (χ4n) is 2.39. The first-order chi connectivity index (χ1) is 11.3. The highest BCUT2D eigenvalue weighted by Gasteiger charge is 2.12. The van der Waals surface area contributed by atoms with Gasteiger partial charge in [-0.15, -0.1) is 0 Å². The van der Waals surface area contributed by atoms with E-state index >= 15 is 0 Å². The molecule has 0 saturated heterocycles. The molecule has 2 N–H and O–H groups in total. The molecule has 0 fully saturated rings. The molecular weight excluding hydrogens is 331 g/mol. The second-order valence-corrected chi connectivity index (χ2v) is 7.29. The van der Waals surface area contributed by atoms with Gasteiger partial charge in [0.1, 0.15) is 5.82 Å². The summed E-state index contributed by atoms with van der Waals surface area (Å²) in [7, 11) is -3.65. The van der Waals surface area contributed by atoms with Crippen LogP contribution < -0.4 is 10.3 Å². The zero-order valence-electron chi connectivity index (χ0n) is 12.8. The minimum Gasteiger partial charge on any atom is -0.322 e. The highest BCUT2D eigenvalue weighted by molar-refractivity contribution is 7.91. The number of H-pyrrole nitrogens is 1. The van der Waals surface area contributed by atoms with Crippen molar-refractivity contribution < 1.29 is 12.8 Å². The van der Waals surface area contributed by atoms with Crippen molar-refractivity contribution in [3.63, 3.8) is 0 Å². The monoisotopic (exact) mass is 346 g/mol. The van der Waals surface area contributed by atoms with E-state index in [0.717, 1.165) is 5.39 Å². The number of pyridine rings is 1. The highest BCUT2D eigenvalue weighted by atomic mass is 32.2. The van der Waals surface area contributed by atoms with Gasteiger partial charge < -0.3 is 4.98 Å². The molecule has 0 atom stereocenters. The number of halogens is 1. The Hall–Kier alpha value is -2.67. The normalized spacial score (nSPS) is 11.6. The number of rotatable bonds is 4. The molecule has 1 aromatic heterocycles. The smallest absolute Gasteiger partial charge is 0.251 e. The lowest BCUT2D eigenvalue weighted by Crippen LogP contribution is -2.15. The summed E-state index contributed by atoms with van der Waals surface area (Å²) in [5, 5.41) is 0.814. The van der Waals surface area contributed by atoms with E-state index in [-0.39, 0.29) is 11.3 Å². The Bertz CT molecular complexity index is 1060.